The maximum atomic E-state index is 12.6. The highest BCUT2D eigenvalue weighted by molar-refractivity contribution is 9.10. The quantitative estimate of drug-likeness (QED) is 0.773. The molecule has 1 saturated carbocycles. The fraction of sp³-hybridized carbons (Fsp3) is 0.571. The first-order chi connectivity index (χ1) is 8.88. The number of benzene rings is 1. The summed E-state index contributed by atoms with van der Waals surface area (Å²) in [5, 5.41) is 3.32. The Balaban J connectivity index is 2.08. The highest BCUT2D eigenvalue weighted by atomic mass is 79.9. The minimum absolute atomic E-state index is 0.288. The number of alkyl halides is 3. The molecule has 0 radical (unpaired) electrons. The normalized spacial score (nSPS) is 18.6. The van der Waals surface area contributed by atoms with E-state index in [4.69, 9.17) is 0 Å². The fourth-order valence-corrected chi connectivity index (χ4v) is 3.12. The average molecular weight is 336 g/mol. The van der Waals surface area contributed by atoms with E-state index in [1.807, 2.05) is 0 Å². The van der Waals surface area contributed by atoms with Gasteiger partial charge in [-0.1, -0.05) is 12.8 Å². The van der Waals surface area contributed by atoms with Crippen molar-refractivity contribution in [3.63, 3.8) is 0 Å². The van der Waals surface area contributed by atoms with Gasteiger partial charge in [0.25, 0.3) is 0 Å². The van der Waals surface area contributed by atoms with Gasteiger partial charge in [-0.2, -0.15) is 13.2 Å². The van der Waals surface area contributed by atoms with Gasteiger partial charge < -0.3 is 5.32 Å². The van der Waals surface area contributed by atoms with E-state index in [1.54, 1.807) is 0 Å². The van der Waals surface area contributed by atoms with Crippen molar-refractivity contribution in [2.75, 3.05) is 5.32 Å². The Bertz CT molecular complexity index is 439. The van der Waals surface area contributed by atoms with Gasteiger partial charge in [0.15, 0.2) is 0 Å². The second-order valence-electron chi connectivity index (χ2n) is 5.17. The van der Waals surface area contributed by atoms with Crippen LogP contribution in [0.3, 0.4) is 0 Å². The second kappa shape index (κ2) is 5.73. The van der Waals surface area contributed by atoms with Crippen molar-refractivity contribution in [3.05, 3.63) is 28.2 Å². The molecule has 1 atom stereocenters. The third-order valence-corrected chi connectivity index (χ3v) is 4.44. The summed E-state index contributed by atoms with van der Waals surface area (Å²) < 4.78 is 38.2. The summed E-state index contributed by atoms with van der Waals surface area (Å²) in [6.07, 6.45) is 0.618. The van der Waals surface area contributed by atoms with Crippen LogP contribution < -0.4 is 5.32 Å². The third kappa shape index (κ3) is 3.65. The maximum absolute atomic E-state index is 12.6. The molecule has 0 bridgehead atoms. The monoisotopic (exact) mass is 335 g/mol. The van der Waals surface area contributed by atoms with Crippen LogP contribution in [-0.2, 0) is 6.18 Å². The third-order valence-electron chi connectivity index (χ3n) is 3.79. The summed E-state index contributed by atoms with van der Waals surface area (Å²) in [7, 11) is 0. The predicted molar refractivity (Wildman–Crippen MR) is 74.2 cm³/mol. The van der Waals surface area contributed by atoms with Gasteiger partial charge in [-0.3, -0.25) is 0 Å². The van der Waals surface area contributed by atoms with E-state index in [0.29, 0.717) is 10.4 Å². The fourth-order valence-electron chi connectivity index (χ4n) is 2.63. The molecule has 1 fully saturated rings. The van der Waals surface area contributed by atoms with Gasteiger partial charge >= 0.3 is 6.18 Å². The maximum Gasteiger partial charge on any atom is 0.416 e. The van der Waals surface area contributed by atoms with E-state index in [1.165, 1.54) is 31.7 Å². The van der Waals surface area contributed by atoms with Gasteiger partial charge in [0.1, 0.15) is 0 Å². The Morgan fingerprint density at radius 2 is 1.89 bits per heavy atom. The molecule has 1 aliphatic carbocycles. The van der Waals surface area contributed by atoms with Crippen molar-refractivity contribution in [1.29, 1.82) is 0 Å². The summed E-state index contributed by atoms with van der Waals surface area (Å²) in [6.45, 7) is 2.10. The van der Waals surface area contributed by atoms with Crippen LogP contribution in [0.25, 0.3) is 0 Å². The molecule has 0 aliphatic heterocycles. The molecule has 1 aliphatic rings. The highest BCUT2D eigenvalue weighted by Gasteiger charge is 2.31. The molecule has 0 spiro atoms. The molecule has 0 amide bonds. The zero-order valence-corrected chi connectivity index (χ0v) is 12.3. The summed E-state index contributed by atoms with van der Waals surface area (Å²) in [5.74, 6) is 0.620. The molecule has 106 valence electrons. The Labute approximate surface area is 119 Å². The Morgan fingerprint density at radius 3 is 2.42 bits per heavy atom. The van der Waals surface area contributed by atoms with Crippen molar-refractivity contribution in [1.82, 2.24) is 0 Å². The van der Waals surface area contributed by atoms with Crippen molar-refractivity contribution in [2.24, 2.45) is 5.92 Å². The minimum atomic E-state index is -4.29. The summed E-state index contributed by atoms with van der Waals surface area (Å²) >= 11 is 3.21. The predicted octanol–water partition coefficient (Wildman–Crippen LogP) is 5.46. The summed E-state index contributed by atoms with van der Waals surface area (Å²) in [5.41, 5.74) is 0.103. The van der Waals surface area contributed by atoms with Crippen LogP contribution in [0.4, 0.5) is 18.9 Å². The molecule has 2 rings (SSSR count). The van der Waals surface area contributed by atoms with E-state index in [9.17, 15) is 13.2 Å². The van der Waals surface area contributed by atoms with E-state index < -0.39 is 11.7 Å². The number of nitrogens with one attached hydrogen (secondary N) is 1. The van der Waals surface area contributed by atoms with E-state index in [0.717, 1.165) is 17.8 Å². The van der Waals surface area contributed by atoms with Gasteiger partial charge in [0.2, 0.25) is 0 Å². The van der Waals surface area contributed by atoms with Crippen molar-refractivity contribution in [2.45, 2.75) is 44.8 Å². The van der Waals surface area contributed by atoms with Crippen LogP contribution in [-0.4, -0.2) is 6.04 Å². The van der Waals surface area contributed by atoms with Crippen LogP contribution in [0, 0.1) is 5.92 Å². The van der Waals surface area contributed by atoms with Gasteiger partial charge in [-0.25, -0.2) is 0 Å². The van der Waals surface area contributed by atoms with Gasteiger partial charge in [0.05, 0.1) is 5.56 Å². The molecule has 1 nitrogen and oxygen atoms in total. The van der Waals surface area contributed by atoms with Crippen LogP contribution >= 0.6 is 15.9 Å². The molecule has 0 saturated heterocycles. The number of hydrogen-bond donors (Lipinski definition) is 1. The lowest BCUT2D eigenvalue weighted by atomic mass is 9.99. The molecule has 19 heavy (non-hydrogen) atoms. The molecular weight excluding hydrogens is 319 g/mol. The lowest BCUT2D eigenvalue weighted by Crippen LogP contribution is -2.24. The molecular formula is C14H17BrF3N. The Morgan fingerprint density at radius 1 is 1.26 bits per heavy atom. The largest absolute Gasteiger partial charge is 0.416 e. The first-order valence-electron chi connectivity index (χ1n) is 6.51. The van der Waals surface area contributed by atoms with E-state index in [-0.39, 0.29) is 6.04 Å². The molecule has 0 heterocycles. The molecule has 1 unspecified atom stereocenters. The number of anilines is 1. The van der Waals surface area contributed by atoms with Gasteiger partial charge in [-0.05, 0) is 59.8 Å². The molecule has 0 aromatic heterocycles. The van der Waals surface area contributed by atoms with Crippen LogP contribution in [0.2, 0.25) is 0 Å². The van der Waals surface area contributed by atoms with Crippen LogP contribution in [0.1, 0.15) is 38.2 Å². The highest BCUT2D eigenvalue weighted by Crippen LogP contribution is 2.35. The molecule has 1 aromatic carbocycles. The first kappa shape index (κ1) is 14.7. The van der Waals surface area contributed by atoms with Crippen LogP contribution in [0.15, 0.2) is 22.7 Å². The summed E-state index contributed by atoms with van der Waals surface area (Å²) in [6, 6.07) is 4.03. The van der Waals surface area contributed by atoms with Gasteiger partial charge in [0, 0.05) is 16.2 Å². The van der Waals surface area contributed by atoms with E-state index in [2.05, 4.69) is 28.2 Å². The lowest BCUT2D eigenvalue weighted by Gasteiger charge is -2.22. The number of halogens is 4. The van der Waals surface area contributed by atoms with Gasteiger partial charge in [-0.15, -0.1) is 0 Å². The Hall–Kier alpha value is -0.710. The zero-order chi connectivity index (χ0) is 14.0. The smallest absolute Gasteiger partial charge is 0.381 e. The summed E-state index contributed by atoms with van der Waals surface area (Å²) in [4.78, 5) is 0. The van der Waals surface area contributed by atoms with Crippen LogP contribution in [0.5, 0.6) is 0 Å². The zero-order valence-electron chi connectivity index (χ0n) is 10.7. The molecule has 1 N–H and O–H groups in total. The standard InChI is InChI=1S/C14H17BrF3N/c1-9(10-4-2-3-5-10)19-13-7-6-11(8-12(13)15)14(16,17)18/h6-10,19H,2-5H2,1H3. The topological polar surface area (TPSA) is 12.0 Å². The average Bonchev–Trinajstić information content (AvgIpc) is 2.84. The SMILES string of the molecule is CC(Nc1ccc(C(F)(F)F)cc1Br)C1CCCC1. The lowest BCUT2D eigenvalue weighted by molar-refractivity contribution is -0.137. The van der Waals surface area contributed by atoms with Crippen molar-refractivity contribution in [3.8, 4) is 0 Å². The Kier molecular flexibility index (Phi) is 4.43. The molecule has 1 aromatic rings. The van der Waals surface area contributed by atoms with E-state index >= 15 is 0 Å². The first-order valence-corrected chi connectivity index (χ1v) is 7.30. The van der Waals surface area contributed by atoms with Crippen molar-refractivity contribution < 1.29 is 13.2 Å². The minimum Gasteiger partial charge on any atom is -0.381 e. The second-order valence-corrected chi connectivity index (χ2v) is 6.02. The molecule has 5 heteroatoms. The van der Waals surface area contributed by atoms with Crippen molar-refractivity contribution >= 4 is 21.6 Å². The number of rotatable bonds is 3. The number of hydrogen-bond acceptors (Lipinski definition) is 1.